The Hall–Kier alpha value is -4.25. The number of hydrogen-bond acceptors (Lipinski definition) is 4. The van der Waals surface area contributed by atoms with Gasteiger partial charge >= 0.3 is 0 Å². The monoisotopic (exact) mass is 486 g/mol. The van der Waals surface area contributed by atoms with Crippen LogP contribution in [-0.4, -0.2) is 29.1 Å². The number of carbonyl (C=O) groups excluding carboxylic acids is 2. The smallest absolute Gasteiger partial charge is 0.254 e. The maximum Gasteiger partial charge on any atom is 0.254 e. The zero-order chi connectivity index (χ0) is 25.3. The molecule has 4 aromatic carbocycles. The van der Waals surface area contributed by atoms with Crippen molar-refractivity contribution in [2.45, 2.75) is 31.8 Å². The lowest BCUT2D eigenvalue weighted by Gasteiger charge is -2.45. The van der Waals surface area contributed by atoms with E-state index < -0.39 is 11.8 Å². The SMILES string of the molecule is CC(C)Oc1ccc2ccccc2c1/C=N/N1C(=O)C2C3c4ccccc4C(c4ccccc43)C2C1=O. The van der Waals surface area contributed by atoms with Crippen molar-refractivity contribution in [1.29, 1.82) is 0 Å². The predicted molar refractivity (Wildman–Crippen MR) is 143 cm³/mol. The van der Waals surface area contributed by atoms with Crippen molar-refractivity contribution in [3.63, 3.8) is 0 Å². The number of ether oxygens (including phenoxy) is 1. The van der Waals surface area contributed by atoms with Crippen LogP contribution in [0.4, 0.5) is 0 Å². The Balaban J connectivity index is 1.33. The van der Waals surface area contributed by atoms with Crippen molar-refractivity contribution >= 4 is 28.8 Å². The molecule has 37 heavy (non-hydrogen) atoms. The molecule has 1 heterocycles. The van der Waals surface area contributed by atoms with E-state index in [1.807, 2.05) is 74.5 Å². The van der Waals surface area contributed by atoms with Crippen LogP contribution in [0.25, 0.3) is 10.8 Å². The highest BCUT2D eigenvalue weighted by molar-refractivity contribution is 6.09. The molecule has 1 aliphatic heterocycles. The summed E-state index contributed by atoms with van der Waals surface area (Å²) in [6.45, 7) is 3.94. The van der Waals surface area contributed by atoms with Crippen LogP contribution in [0.15, 0.2) is 90.0 Å². The number of carbonyl (C=O) groups is 2. The summed E-state index contributed by atoms with van der Waals surface area (Å²) in [5, 5.41) is 7.67. The van der Waals surface area contributed by atoms with Crippen molar-refractivity contribution in [3.05, 3.63) is 113 Å². The van der Waals surface area contributed by atoms with Gasteiger partial charge in [-0.2, -0.15) is 10.1 Å². The number of rotatable bonds is 4. The molecule has 182 valence electrons. The average Bonchev–Trinajstić information content (AvgIpc) is 3.17. The summed E-state index contributed by atoms with van der Waals surface area (Å²) in [5.41, 5.74) is 5.38. The van der Waals surface area contributed by atoms with Gasteiger partial charge in [0.05, 0.1) is 24.2 Å². The van der Waals surface area contributed by atoms with Crippen LogP contribution >= 0.6 is 0 Å². The molecule has 0 spiro atoms. The van der Waals surface area contributed by atoms with Crippen molar-refractivity contribution in [2.24, 2.45) is 16.9 Å². The molecular formula is C32H26N2O3. The van der Waals surface area contributed by atoms with E-state index in [4.69, 9.17) is 4.74 Å². The fourth-order valence-corrected chi connectivity index (χ4v) is 6.66. The number of hydrazone groups is 1. The summed E-state index contributed by atoms with van der Waals surface area (Å²) < 4.78 is 6.07. The fraction of sp³-hybridized carbons (Fsp3) is 0.219. The van der Waals surface area contributed by atoms with Crippen LogP contribution in [-0.2, 0) is 9.59 Å². The Kier molecular flexibility index (Phi) is 4.83. The van der Waals surface area contributed by atoms with E-state index in [1.54, 1.807) is 6.21 Å². The molecular weight excluding hydrogens is 460 g/mol. The lowest BCUT2D eigenvalue weighted by atomic mass is 9.55. The van der Waals surface area contributed by atoms with E-state index >= 15 is 0 Å². The van der Waals surface area contributed by atoms with Gasteiger partial charge in [-0.25, -0.2) is 0 Å². The van der Waals surface area contributed by atoms with E-state index in [-0.39, 0.29) is 29.8 Å². The molecule has 8 rings (SSSR count). The number of amides is 2. The Morgan fingerprint density at radius 2 is 1.24 bits per heavy atom. The Labute approximate surface area is 215 Å². The fourth-order valence-electron chi connectivity index (χ4n) is 6.66. The van der Waals surface area contributed by atoms with Gasteiger partial charge in [0.2, 0.25) is 0 Å². The summed E-state index contributed by atoms with van der Waals surface area (Å²) in [5.74, 6) is -0.952. The van der Waals surface area contributed by atoms with E-state index in [0.29, 0.717) is 5.75 Å². The van der Waals surface area contributed by atoms with Gasteiger partial charge in [0.25, 0.3) is 11.8 Å². The van der Waals surface area contributed by atoms with Gasteiger partial charge in [0.15, 0.2) is 0 Å². The molecule has 5 heteroatoms. The normalized spacial score (nSPS) is 23.6. The lowest BCUT2D eigenvalue weighted by molar-refractivity contribution is -0.139. The van der Waals surface area contributed by atoms with Crippen LogP contribution in [0.1, 0.15) is 53.5 Å². The maximum atomic E-state index is 13.9. The molecule has 1 fully saturated rings. The predicted octanol–water partition coefficient (Wildman–Crippen LogP) is 5.85. The average molecular weight is 487 g/mol. The van der Waals surface area contributed by atoms with Crippen molar-refractivity contribution in [3.8, 4) is 5.75 Å². The third kappa shape index (κ3) is 3.13. The van der Waals surface area contributed by atoms with Crippen molar-refractivity contribution in [1.82, 2.24) is 5.01 Å². The highest BCUT2D eigenvalue weighted by Crippen LogP contribution is 2.61. The second kappa shape index (κ2) is 8.13. The molecule has 2 amide bonds. The molecule has 0 aromatic heterocycles. The van der Waals surface area contributed by atoms with Crippen LogP contribution in [0.3, 0.4) is 0 Å². The minimum atomic E-state index is -0.446. The summed E-state index contributed by atoms with van der Waals surface area (Å²) in [6.07, 6.45) is 1.59. The third-order valence-corrected chi connectivity index (χ3v) is 8.02. The molecule has 0 radical (unpaired) electrons. The van der Waals surface area contributed by atoms with Crippen LogP contribution in [0, 0.1) is 11.8 Å². The van der Waals surface area contributed by atoms with Crippen molar-refractivity contribution in [2.75, 3.05) is 0 Å². The molecule has 3 aliphatic carbocycles. The van der Waals surface area contributed by atoms with Gasteiger partial charge < -0.3 is 4.74 Å². The van der Waals surface area contributed by atoms with Gasteiger partial charge in [-0.3, -0.25) is 9.59 Å². The number of fused-ring (bicyclic) bond motifs is 1. The number of imide groups is 1. The second-order valence-corrected chi connectivity index (χ2v) is 10.4. The zero-order valence-corrected chi connectivity index (χ0v) is 20.7. The van der Waals surface area contributed by atoms with Gasteiger partial charge in [0, 0.05) is 17.4 Å². The molecule has 0 N–H and O–H groups in total. The first kappa shape index (κ1) is 22.0. The Morgan fingerprint density at radius 3 is 1.78 bits per heavy atom. The van der Waals surface area contributed by atoms with Gasteiger partial charge in [-0.15, -0.1) is 0 Å². The van der Waals surface area contributed by atoms with Crippen LogP contribution < -0.4 is 4.74 Å². The first-order valence-electron chi connectivity index (χ1n) is 12.8. The first-order chi connectivity index (χ1) is 18.0. The largest absolute Gasteiger partial charge is 0.490 e. The minimum absolute atomic E-state index is 0.0288. The number of benzene rings is 4. The third-order valence-electron chi connectivity index (χ3n) is 8.02. The highest BCUT2D eigenvalue weighted by atomic mass is 16.5. The summed E-state index contributed by atoms with van der Waals surface area (Å²) >= 11 is 0. The molecule has 5 nitrogen and oxygen atoms in total. The quantitative estimate of drug-likeness (QED) is 0.268. The van der Waals surface area contributed by atoms with E-state index in [1.165, 1.54) is 0 Å². The molecule has 2 unspecified atom stereocenters. The second-order valence-electron chi connectivity index (χ2n) is 10.4. The number of hydrogen-bond donors (Lipinski definition) is 0. The summed E-state index contributed by atoms with van der Waals surface area (Å²) in [6, 6.07) is 28.4. The van der Waals surface area contributed by atoms with E-state index in [9.17, 15) is 9.59 Å². The van der Waals surface area contributed by atoms with Gasteiger partial charge in [-0.05, 0) is 52.9 Å². The van der Waals surface area contributed by atoms with Crippen LogP contribution in [0.5, 0.6) is 5.75 Å². The topological polar surface area (TPSA) is 59.0 Å². The minimum Gasteiger partial charge on any atom is -0.490 e. The van der Waals surface area contributed by atoms with Gasteiger partial charge in [0.1, 0.15) is 5.75 Å². The highest BCUT2D eigenvalue weighted by Gasteiger charge is 2.61. The zero-order valence-electron chi connectivity index (χ0n) is 20.7. The van der Waals surface area contributed by atoms with Gasteiger partial charge in [-0.1, -0.05) is 78.9 Å². The van der Waals surface area contributed by atoms with Crippen molar-refractivity contribution < 1.29 is 14.3 Å². The van der Waals surface area contributed by atoms with E-state index in [0.717, 1.165) is 43.6 Å². The molecule has 1 saturated heterocycles. The molecule has 4 aromatic rings. The summed E-state index contributed by atoms with van der Waals surface area (Å²) in [7, 11) is 0. The molecule has 2 bridgehead atoms. The number of nitrogens with zero attached hydrogens (tertiary/aromatic N) is 2. The Bertz CT molecular complexity index is 1510. The van der Waals surface area contributed by atoms with E-state index in [2.05, 4.69) is 29.4 Å². The van der Waals surface area contributed by atoms with Crippen LogP contribution in [0.2, 0.25) is 0 Å². The first-order valence-corrected chi connectivity index (χ1v) is 12.8. The summed E-state index contributed by atoms with van der Waals surface area (Å²) in [4.78, 5) is 27.7. The standard InChI is InChI=1S/C32H26N2O3/c1-18(2)37-26-16-15-19-9-3-4-10-20(19)25(26)17-33-34-31(35)29-27-21-11-5-6-12-22(21)28(30(29)32(34)36)24-14-8-7-13-23(24)27/h3-18,27-30H,1-2H3/b33-17+. The lowest BCUT2D eigenvalue weighted by Crippen LogP contribution is -2.41. The maximum absolute atomic E-state index is 13.9. The molecule has 2 atom stereocenters. The Morgan fingerprint density at radius 1 is 0.730 bits per heavy atom. The molecule has 0 saturated carbocycles. The molecule has 4 aliphatic rings.